The summed E-state index contributed by atoms with van der Waals surface area (Å²) >= 11 is 5.83. The molecule has 0 aliphatic rings. The summed E-state index contributed by atoms with van der Waals surface area (Å²) in [5.41, 5.74) is 1.17. The van der Waals surface area contributed by atoms with E-state index in [9.17, 15) is 9.90 Å². The summed E-state index contributed by atoms with van der Waals surface area (Å²) in [7, 11) is 0. The summed E-state index contributed by atoms with van der Waals surface area (Å²) in [6.07, 6.45) is 0. The van der Waals surface area contributed by atoms with Gasteiger partial charge in [-0.25, -0.2) is 4.79 Å². The Balaban J connectivity index is 3.00. The van der Waals surface area contributed by atoms with Gasteiger partial charge in [0.15, 0.2) is 0 Å². The molecule has 0 aliphatic carbocycles. The summed E-state index contributed by atoms with van der Waals surface area (Å²) in [6, 6.07) is 5.08. The Morgan fingerprint density at radius 3 is 2.68 bits per heavy atom. The molecule has 19 heavy (non-hydrogen) atoms. The first-order valence-corrected chi connectivity index (χ1v) is 6.08. The topological polar surface area (TPSA) is 71.2 Å². The average molecular weight is 283 g/mol. The molecule has 1 N–H and O–H groups in total. The molecule has 0 unspecified atom stereocenters. The van der Waals surface area contributed by atoms with Crippen LogP contribution in [0.15, 0.2) is 39.9 Å². The van der Waals surface area contributed by atoms with Crippen LogP contribution in [0, 0.1) is 6.92 Å². The number of nitrogens with zero attached hydrogens (tertiary/aromatic N) is 2. The van der Waals surface area contributed by atoms with Crippen molar-refractivity contribution >= 4 is 23.3 Å². The number of ether oxygens (including phenoxy) is 1. The number of carbonyl (C=O) groups is 1. The summed E-state index contributed by atoms with van der Waals surface area (Å²) < 4.78 is 4.77. The number of rotatable bonds is 4. The smallest absolute Gasteiger partial charge is 0.362 e. The Hall–Kier alpha value is -1.88. The maximum atomic E-state index is 11.5. The van der Waals surface area contributed by atoms with Gasteiger partial charge in [0.25, 0.3) is 0 Å². The van der Waals surface area contributed by atoms with E-state index in [1.54, 1.807) is 25.1 Å². The van der Waals surface area contributed by atoms with Crippen molar-refractivity contribution in [1.29, 1.82) is 0 Å². The minimum absolute atomic E-state index is 0.200. The molecule has 0 spiro atoms. The molecule has 0 amide bonds. The van der Waals surface area contributed by atoms with Crippen molar-refractivity contribution in [1.82, 2.24) is 0 Å². The second-order valence-electron chi connectivity index (χ2n) is 3.79. The van der Waals surface area contributed by atoms with E-state index in [2.05, 4.69) is 10.2 Å². The van der Waals surface area contributed by atoms with Gasteiger partial charge in [-0.3, -0.25) is 0 Å². The van der Waals surface area contributed by atoms with Crippen LogP contribution in [0.25, 0.3) is 0 Å². The third-order valence-electron chi connectivity index (χ3n) is 2.23. The normalized spacial score (nSPS) is 12.4. The van der Waals surface area contributed by atoms with Gasteiger partial charge in [0.05, 0.1) is 12.3 Å². The molecule has 102 valence electrons. The molecule has 0 saturated heterocycles. The summed E-state index contributed by atoms with van der Waals surface area (Å²) in [6.45, 7) is 5.04. The first kappa shape index (κ1) is 15.2. The van der Waals surface area contributed by atoms with Crippen LogP contribution in [0.5, 0.6) is 0 Å². The number of benzene rings is 1. The molecule has 0 bridgehead atoms. The maximum Gasteiger partial charge on any atom is 0.362 e. The Morgan fingerprint density at radius 1 is 1.47 bits per heavy atom. The predicted molar refractivity (Wildman–Crippen MR) is 72.7 cm³/mol. The van der Waals surface area contributed by atoms with Crippen LogP contribution < -0.4 is 0 Å². The molecular formula is C13H15ClN2O3. The van der Waals surface area contributed by atoms with Gasteiger partial charge in [-0.15, -0.1) is 10.2 Å². The van der Waals surface area contributed by atoms with Crippen LogP contribution in [-0.4, -0.2) is 17.7 Å². The largest absolute Gasteiger partial charge is 0.510 e. The van der Waals surface area contributed by atoms with Crippen molar-refractivity contribution in [3.8, 4) is 0 Å². The molecule has 6 heteroatoms. The SMILES string of the molecule is CCOC(=O)C(N=Nc1ccc(Cl)cc1C)=C(C)O. The van der Waals surface area contributed by atoms with E-state index < -0.39 is 5.97 Å². The Kier molecular flexibility index (Phi) is 5.51. The van der Waals surface area contributed by atoms with E-state index in [0.29, 0.717) is 10.7 Å². The van der Waals surface area contributed by atoms with E-state index in [4.69, 9.17) is 16.3 Å². The minimum atomic E-state index is -0.710. The fraction of sp³-hybridized carbons (Fsp3) is 0.308. The zero-order chi connectivity index (χ0) is 14.4. The Bertz CT molecular complexity index is 535. The molecule has 1 aromatic rings. The highest BCUT2D eigenvalue weighted by Crippen LogP contribution is 2.23. The van der Waals surface area contributed by atoms with E-state index in [1.807, 2.05) is 6.92 Å². The monoisotopic (exact) mass is 282 g/mol. The lowest BCUT2D eigenvalue weighted by Crippen LogP contribution is -2.07. The highest BCUT2D eigenvalue weighted by molar-refractivity contribution is 6.30. The first-order chi connectivity index (χ1) is 8.95. The molecule has 5 nitrogen and oxygen atoms in total. The number of aliphatic hydroxyl groups is 1. The lowest BCUT2D eigenvalue weighted by atomic mass is 10.2. The number of allylic oxidation sites excluding steroid dienone is 1. The zero-order valence-corrected chi connectivity index (χ0v) is 11.7. The van der Waals surface area contributed by atoms with Crippen LogP contribution >= 0.6 is 11.6 Å². The summed E-state index contributed by atoms with van der Waals surface area (Å²) in [5, 5.41) is 17.7. The Labute approximate surface area is 116 Å². The number of esters is 1. The fourth-order valence-corrected chi connectivity index (χ4v) is 1.52. The summed E-state index contributed by atoms with van der Waals surface area (Å²) in [5.74, 6) is -0.952. The van der Waals surface area contributed by atoms with Crippen LogP contribution in [0.1, 0.15) is 19.4 Å². The fourth-order valence-electron chi connectivity index (χ4n) is 1.30. The number of aliphatic hydroxyl groups excluding tert-OH is 1. The van der Waals surface area contributed by atoms with E-state index in [1.165, 1.54) is 6.92 Å². The van der Waals surface area contributed by atoms with Crippen LogP contribution in [0.4, 0.5) is 5.69 Å². The predicted octanol–water partition coefficient (Wildman–Crippen LogP) is 4.08. The standard InChI is InChI=1S/C13H15ClN2O3/c1-4-19-13(18)12(9(3)17)16-15-11-6-5-10(14)7-8(11)2/h5-7,17H,4H2,1-3H3. The van der Waals surface area contributed by atoms with Gasteiger partial charge in [-0.1, -0.05) is 11.6 Å². The molecule has 0 saturated carbocycles. The molecule has 0 heterocycles. The molecule has 1 rings (SSSR count). The van der Waals surface area contributed by atoms with Crippen LogP contribution in [-0.2, 0) is 9.53 Å². The second-order valence-corrected chi connectivity index (χ2v) is 4.22. The van der Waals surface area contributed by atoms with E-state index in [-0.39, 0.29) is 18.1 Å². The summed E-state index contributed by atoms with van der Waals surface area (Å²) in [4.78, 5) is 11.5. The van der Waals surface area contributed by atoms with Crippen LogP contribution in [0.3, 0.4) is 0 Å². The van der Waals surface area contributed by atoms with Gasteiger partial charge in [-0.05, 0) is 44.5 Å². The lowest BCUT2D eigenvalue weighted by molar-refractivity contribution is -0.138. The molecular weight excluding hydrogens is 268 g/mol. The molecule has 0 radical (unpaired) electrons. The molecule has 0 aromatic heterocycles. The van der Waals surface area contributed by atoms with Gasteiger partial charge in [-0.2, -0.15) is 0 Å². The molecule has 0 fully saturated rings. The van der Waals surface area contributed by atoms with E-state index in [0.717, 1.165) is 5.56 Å². The van der Waals surface area contributed by atoms with Crippen molar-refractivity contribution in [3.05, 3.63) is 40.2 Å². The quantitative estimate of drug-likeness (QED) is 0.391. The van der Waals surface area contributed by atoms with E-state index >= 15 is 0 Å². The highest BCUT2D eigenvalue weighted by atomic mass is 35.5. The second kappa shape index (κ2) is 6.89. The van der Waals surface area contributed by atoms with Crippen molar-refractivity contribution in [2.45, 2.75) is 20.8 Å². The number of halogens is 1. The average Bonchev–Trinajstić information content (AvgIpc) is 2.31. The number of azo groups is 1. The number of carbonyl (C=O) groups excluding carboxylic acids is 1. The minimum Gasteiger partial charge on any atom is -0.510 e. The molecule has 0 atom stereocenters. The van der Waals surface area contributed by atoms with Crippen molar-refractivity contribution in [3.63, 3.8) is 0 Å². The van der Waals surface area contributed by atoms with Gasteiger partial charge < -0.3 is 9.84 Å². The molecule has 0 aliphatic heterocycles. The first-order valence-electron chi connectivity index (χ1n) is 5.70. The number of aryl methyl sites for hydroxylation is 1. The third kappa shape index (κ3) is 4.37. The van der Waals surface area contributed by atoms with Gasteiger partial charge in [0.1, 0.15) is 5.76 Å². The lowest BCUT2D eigenvalue weighted by Gasteiger charge is -2.03. The molecule has 1 aromatic carbocycles. The van der Waals surface area contributed by atoms with Gasteiger partial charge >= 0.3 is 5.97 Å². The number of hydrogen-bond acceptors (Lipinski definition) is 5. The third-order valence-corrected chi connectivity index (χ3v) is 2.46. The van der Waals surface area contributed by atoms with Gasteiger partial charge in [0.2, 0.25) is 5.70 Å². The maximum absolute atomic E-state index is 11.5. The zero-order valence-electron chi connectivity index (χ0n) is 11.0. The Morgan fingerprint density at radius 2 is 2.16 bits per heavy atom. The van der Waals surface area contributed by atoms with Crippen LogP contribution in [0.2, 0.25) is 5.02 Å². The highest BCUT2D eigenvalue weighted by Gasteiger charge is 2.14. The van der Waals surface area contributed by atoms with Crippen molar-refractivity contribution < 1.29 is 14.6 Å². The van der Waals surface area contributed by atoms with Crippen molar-refractivity contribution in [2.75, 3.05) is 6.61 Å². The van der Waals surface area contributed by atoms with Crippen molar-refractivity contribution in [2.24, 2.45) is 10.2 Å². The number of hydrogen-bond donors (Lipinski definition) is 1. The van der Waals surface area contributed by atoms with Gasteiger partial charge in [0, 0.05) is 5.02 Å².